The van der Waals surface area contributed by atoms with E-state index in [1.54, 1.807) is 6.92 Å². The van der Waals surface area contributed by atoms with E-state index in [1.165, 1.54) is 23.0 Å². The van der Waals surface area contributed by atoms with E-state index in [9.17, 15) is 27.9 Å². The van der Waals surface area contributed by atoms with Gasteiger partial charge in [-0.3, -0.25) is 9.69 Å². The molecule has 7 nitrogen and oxygen atoms in total. The standard InChI is InChI=1S/C17H16F3N3O4/c1-2-27-16(26)22-8-11(15(24)25)9-23-14(22)13(7-21-23)10-3-5-12(6-4-10)17(18,19)20/h3-7,11H,2,8-9H2,1H3,(H,24,25). The zero-order valence-corrected chi connectivity index (χ0v) is 14.2. The van der Waals surface area contributed by atoms with Crippen LogP contribution in [0.25, 0.3) is 11.1 Å². The van der Waals surface area contributed by atoms with E-state index in [1.807, 2.05) is 0 Å². The van der Waals surface area contributed by atoms with E-state index in [4.69, 9.17) is 4.74 Å². The van der Waals surface area contributed by atoms with E-state index < -0.39 is 29.7 Å². The molecule has 2 aromatic rings. The molecule has 27 heavy (non-hydrogen) atoms. The van der Waals surface area contributed by atoms with Crippen molar-refractivity contribution in [2.24, 2.45) is 5.92 Å². The lowest BCUT2D eigenvalue weighted by Gasteiger charge is -2.31. The normalized spacial score (nSPS) is 16.7. The van der Waals surface area contributed by atoms with Crippen molar-refractivity contribution in [3.05, 3.63) is 36.0 Å². The van der Waals surface area contributed by atoms with Crippen LogP contribution in [0.1, 0.15) is 12.5 Å². The molecule has 1 aromatic carbocycles. The number of amides is 1. The molecule has 0 saturated heterocycles. The number of carbonyl (C=O) groups is 2. The average Bonchev–Trinajstić information content (AvgIpc) is 3.04. The summed E-state index contributed by atoms with van der Waals surface area (Å²) in [4.78, 5) is 24.8. The number of carbonyl (C=O) groups excluding carboxylic acids is 1. The Morgan fingerprint density at radius 2 is 1.93 bits per heavy atom. The van der Waals surface area contributed by atoms with Gasteiger partial charge in [0.2, 0.25) is 0 Å². The number of hydrogen-bond acceptors (Lipinski definition) is 4. The van der Waals surface area contributed by atoms with Crippen LogP contribution >= 0.6 is 0 Å². The molecule has 0 aliphatic carbocycles. The molecule has 0 fully saturated rings. The Labute approximate surface area is 151 Å². The number of anilines is 1. The predicted molar refractivity (Wildman–Crippen MR) is 88.2 cm³/mol. The molecule has 1 aliphatic heterocycles. The number of aromatic nitrogens is 2. The fourth-order valence-electron chi connectivity index (χ4n) is 2.93. The molecule has 0 radical (unpaired) electrons. The van der Waals surface area contributed by atoms with E-state index in [-0.39, 0.29) is 19.7 Å². The third-order valence-corrected chi connectivity index (χ3v) is 4.22. The highest BCUT2D eigenvalue weighted by molar-refractivity contribution is 5.93. The van der Waals surface area contributed by atoms with Crippen LogP contribution in [0.15, 0.2) is 30.5 Å². The summed E-state index contributed by atoms with van der Waals surface area (Å²) in [6, 6.07) is 4.45. The number of aliphatic carboxylic acids is 1. The molecule has 3 rings (SSSR count). The number of benzene rings is 1. The van der Waals surface area contributed by atoms with Gasteiger partial charge in [-0.25, -0.2) is 9.48 Å². The summed E-state index contributed by atoms with van der Waals surface area (Å²) in [6.07, 6.45) is -3.80. The van der Waals surface area contributed by atoms with Gasteiger partial charge in [0.25, 0.3) is 0 Å². The van der Waals surface area contributed by atoms with Crippen LogP contribution in [0.3, 0.4) is 0 Å². The van der Waals surface area contributed by atoms with Crippen LogP contribution < -0.4 is 4.90 Å². The third kappa shape index (κ3) is 3.60. The first-order valence-corrected chi connectivity index (χ1v) is 8.13. The van der Waals surface area contributed by atoms with E-state index in [0.29, 0.717) is 16.9 Å². The monoisotopic (exact) mass is 383 g/mol. The third-order valence-electron chi connectivity index (χ3n) is 4.22. The first-order valence-electron chi connectivity index (χ1n) is 8.13. The van der Waals surface area contributed by atoms with Crippen LogP contribution in [-0.2, 0) is 22.3 Å². The minimum absolute atomic E-state index is 0.0429. The summed E-state index contributed by atoms with van der Waals surface area (Å²) >= 11 is 0. The largest absolute Gasteiger partial charge is 0.481 e. The van der Waals surface area contributed by atoms with Gasteiger partial charge in [0.05, 0.1) is 30.8 Å². The maximum Gasteiger partial charge on any atom is 0.416 e. The van der Waals surface area contributed by atoms with Crippen LogP contribution in [-0.4, -0.2) is 40.1 Å². The van der Waals surface area contributed by atoms with Crippen molar-refractivity contribution in [2.45, 2.75) is 19.6 Å². The van der Waals surface area contributed by atoms with Gasteiger partial charge in [-0.15, -0.1) is 0 Å². The summed E-state index contributed by atoms with van der Waals surface area (Å²) in [5, 5.41) is 13.4. The van der Waals surface area contributed by atoms with E-state index in [0.717, 1.165) is 17.0 Å². The lowest BCUT2D eigenvalue weighted by Crippen LogP contribution is -2.45. The number of carboxylic acids is 1. The summed E-state index contributed by atoms with van der Waals surface area (Å²) < 4.78 is 44.6. The van der Waals surface area contributed by atoms with Gasteiger partial charge >= 0.3 is 18.2 Å². The minimum Gasteiger partial charge on any atom is -0.481 e. The Hall–Kier alpha value is -3.04. The molecule has 1 N–H and O–H groups in total. The highest BCUT2D eigenvalue weighted by Crippen LogP contribution is 2.37. The van der Waals surface area contributed by atoms with Crippen molar-refractivity contribution in [3.63, 3.8) is 0 Å². The van der Waals surface area contributed by atoms with Crippen LogP contribution in [0.4, 0.5) is 23.8 Å². The molecule has 1 atom stereocenters. The molecule has 0 saturated carbocycles. The number of nitrogens with zero attached hydrogens (tertiary/aromatic N) is 3. The van der Waals surface area contributed by atoms with Gasteiger partial charge in [0, 0.05) is 12.1 Å². The van der Waals surface area contributed by atoms with Crippen LogP contribution in [0.5, 0.6) is 0 Å². The molecular formula is C17H16F3N3O4. The van der Waals surface area contributed by atoms with Gasteiger partial charge < -0.3 is 9.84 Å². The Kier molecular flexibility index (Phi) is 4.81. The number of fused-ring (bicyclic) bond motifs is 1. The summed E-state index contributed by atoms with van der Waals surface area (Å²) in [5.41, 5.74) is 0.0495. The first kappa shape index (κ1) is 18.7. The Morgan fingerprint density at radius 3 is 2.48 bits per heavy atom. The summed E-state index contributed by atoms with van der Waals surface area (Å²) in [7, 11) is 0. The zero-order chi connectivity index (χ0) is 19.8. The molecule has 2 heterocycles. The Balaban J connectivity index is 2.03. The minimum atomic E-state index is -4.46. The average molecular weight is 383 g/mol. The molecule has 1 amide bonds. The SMILES string of the molecule is CCOC(=O)N1CC(C(=O)O)Cn2ncc(-c3ccc(C(F)(F)F)cc3)c21. The van der Waals surface area contributed by atoms with Crippen molar-refractivity contribution in [2.75, 3.05) is 18.1 Å². The van der Waals surface area contributed by atoms with Gasteiger partial charge in [-0.1, -0.05) is 12.1 Å². The Bertz CT molecular complexity index is 861. The van der Waals surface area contributed by atoms with Crippen molar-refractivity contribution in [1.82, 2.24) is 9.78 Å². The topological polar surface area (TPSA) is 84.7 Å². The van der Waals surface area contributed by atoms with Gasteiger partial charge in [-0.05, 0) is 24.6 Å². The number of ether oxygens (including phenoxy) is 1. The van der Waals surface area contributed by atoms with E-state index in [2.05, 4.69) is 5.10 Å². The second kappa shape index (κ2) is 6.93. The summed E-state index contributed by atoms with van der Waals surface area (Å²) in [6.45, 7) is 1.64. The van der Waals surface area contributed by atoms with E-state index >= 15 is 0 Å². The number of rotatable bonds is 3. The second-order valence-electron chi connectivity index (χ2n) is 5.98. The molecule has 1 unspecified atom stereocenters. The van der Waals surface area contributed by atoms with Crippen molar-refractivity contribution in [1.29, 1.82) is 0 Å². The number of alkyl halides is 3. The number of carboxylic acid groups (broad SMARTS) is 1. The fourth-order valence-corrected chi connectivity index (χ4v) is 2.93. The molecule has 1 aliphatic rings. The highest BCUT2D eigenvalue weighted by Gasteiger charge is 2.36. The van der Waals surface area contributed by atoms with Crippen molar-refractivity contribution < 1.29 is 32.6 Å². The summed E-state index contributed by atoms with van der Waals surface area (Å²) in [5.74, 6) is -1.66. The zero-order valence-electron chi connectivity index (χ0n) is 14.2. The van der Waals surface area contributed by atoms with Crippen molar-refractivity contribution in [3.8, 4) is 11.1 Å². The maximum atomic E-state index is 12.8. The molecule has 0 spiro atoms. The van der Waals surface area contributed by atoms with Crippen LogP contribution in [0, 0.1) is 5.92 Å². The van der Waals surface area contributed by atoms with Gasteiger partial charge in [-0.2, -0.15) is 18.3 Å². The van der Waals surface area contributed by atoms with Crippen molar-refractivity contribution >= 4 is 17.9 Å². The lowest BCUT2D eigenvalue weighted by atomic mass is 10.0. The number of halogens is 3. The molecule has 0 bridgehead atoms. The van der Waals surface area contributed by atoms with Gasteiger partial charge in [0.15, 0.2) is 0 Å². The molecule has 10 heteroatoms. The maximum absolute atomic E-state index is 12.8. The quantitative estimate of drug-likeness (QED) is 0.880. The highest BCUT2D eigenvalue weighted by atomic mass is 19.4. The Morgan fingerprint density at radius 1 is 1.26 bits per heavy atom. The predicted octanol–water partition coefficient (Wildman–Crippen LogP) is 3.25. The molecule has 144 valence electrons. The second-order valence-corrected chi connectivity index (χ2v) is 5.98. The van der Waals surface area contributed by atoms with Crippen LogP contribution in [0.2, 0.25) is 0 Å². The first-order chi connectivity index (χ1) is 12.7. The number of hydrogen-bond donors (Lipinski definition) is 1. The smallest absolute Gasteiger partial charge is 0.416 e. The molecule has 1 aromatic heterocycles. The fraction of sp³-hybridized carbons (Fsp3) is 0.353. The van der Waals surface area contributed by atoms with Gasteiger partial charge in [0.1, 0.15) is 5.82 Å². The lowest BCUT2D eigenvalue weighted by molar-refractivity contribution is -0.142. The molecular weight excluding hydrogens is 367 g/mol.